The topological polar surface area (TPSA) is 141 Å². The minimum Gasteiger partial charge on any atom is -0.480 e. The maximum Gasteiger partial charge on any atom is 0.329 e. The van der Waals surface area contributed by atoms with E-state index < -0.39 is 41.3 Å². The molecular formula is C18H23N3O6. The number of carbonyl (C=O) groups is 2. The van der Waals surface area contributed by atoms with E-state index >= 15 is 0 Å². The Morgan fingerprint density at radius 1 is 1.19 bits per heavy atom. The van der Waals surface area contributed by atoms with E-state index in [1.807, 2.05) is 13.8 Å². The molecule has 1 aromatic heterocycles. The number of aromatic amines is 1. The highest BCUT2D eigenvalue weighted by Crippen LogP contribution is 2.16. The summed E-state index contributed by atoms with van der Waals surface area (Å²) in [5.74, 6) is -2.30. The Morgan fingerprint density at radius 2 is 1.81 bits per heavy atom. The lowest BCUT2D eigenvalue weighted by atomic mass is 10.0. The van der Waals surface area contributed by atoms with E-state index in [-0.39, 0.29) is 17.7 Å². The summed E-state index contributed by atoms with van der Waals surface area (Å²) < 4.78 is 0.804. The SMILES string of the molecule is CC(C)C[C@@H](C(=O)N[C@H](C(=O)O)C(C)O)n1c(=O)[nH]c2ccccc2c1=O. The predicted molar refractivity (Wildman–Crippen MR) is 98.6 cm³/mol. The van der Waals surface area contributed by atoms with Gasteiger partial charge in [-0.15, -0.1) is 0 Å². The van der Waals surface area contributed by atoms with Crippen molar-refractivity contribution in [1.82, 2.24) is 14.9 Å². The molecule has 9 heteroatoms. The third-order valence-corrected chi connectivity index (χ3v) is 4.19. The number of nitrogens with one attached hydrogen (secondary N) is 2. The van der Waals surface area contributed by atoms with Crippen LogP contribution in [-0.4, -0.2) is 43.8 Å². The van der Waals surface area contributed by atoms with Gasteiger partial charge in [-0.1, -0.05) is 26.0 Å². The van der Waals surface area contributed by atoms with Gasteiger partial charge in [0.15, 0.2) is 6.04 Å². The minimum absolute atomic E-state index is 0.0617. The molecule has 2 aromatic rings. The van der Waals surface area contributed by atoms with E-state index in [1.54, 1.807) is 18.2 Å². The van der Waals surface area contributed by atoms with Crippen molar-refractivity contribution in [1.29, 1.82) is 0 Å². The number of carboxylic acid groups (broad SMARTS) is 1. The highest BCUT2D eigenvalue weighted by Gasteiger charge is 2.31. The molecule has 2 rings (SSSR count). The van der Waals surface area contributed by atoms with Gasteiger partial charge >= 0.3 is 11.7 Å². The lowest BCUT2D eigenvalue weighted by Crippen LogP contribution is -2.52. The summed E-state index contributed by atoms with van der Waals surface area (Å²) in [7, 11) is 0. The van der Waals surface area contributed by atoms with E-state index in [2.05, 4.69) is 10.3 Å². The third-order valence-electron chi connectivity index (χ3n) is 4.19. The highest BCUT2D eigenvalue weighted by molar-refractivity contribution is 5.86. The summed E-state index contributed by atoms with van der Waals surface area (Å²) in [6.45, 7) is 4.85. The predicted octanol–water partition coefficient (Wildman–Crippen LogP) is 0.227. The van der Waals surface area contributed by atoms with Crippen molar-refractivity contribution in [2.45, 2.75) is 45.4 Å². The lowest BCUT2D eigenvalue weighted by Gasteiger charge is -2.24. The molecule has 0 bridgehead atoms. The van der Waals surface area contributed by atoms with Crippen molar-refractivity contribution in [3.8, 4) is 0 Å². The van der Waals surface area contributed by atoms with Crippen LogP contribution in [0.15, 0.2) is 33.9 Å². The van der Waals surface area contributed by atoms with Gasteiger partial charge in [0.25, 0.3) is 5.56 Å². The number of aliphatic carboxylic acids is 1. The van der Waals surface area contributed by atoms with Crippen molar-refractivity contribution in [2.75, 3.05) is 0 Å². The zero-order valence-electron chi connectivity index (χ0n) is 15.3. The van der Waals surface area contributed by atoms with Crippen molar-refractivity contribution < 1.29 is 19.8 Å². The number of rotatable bonds is 7. The summed E-state index contributed by atoms with van der Waals surface area (Å²) in [5, 5.41) is 21.2. The van der Waals surface area contributed by atoms with Gasteiger partial charge in [-0.2, -0.15) is 0 Å². The van der Waals surface area contributed by atoms with Crippen LogP contribution in [0.4, 0.5) is 0 Å². The number of carboxylic acids is 1. The molecule has 0 aliphatic carbocycles. The van der Waals surface area contributed by atoms with Crippen LogP contribution < -0.4 is 16.6 Å². The second-order valence-corrected chi connectivity index (χ2v) is 6.86. The molecule has 0 radical (unpaired) electrons. The fraction of sp³-hybridized carbons (Fsp3) is 0.444. The molecule has 146 valence electrons. The van der Waals surface area contributed by atoms with E-state index in [9.17, 15) is 24.3 Å². The zero-order chi connectivity index (χ0) is 20.3. The van der Waals surface area contributed by atoms with Crippen LogP contribution in [0.1, 0.15) is 33.2 Å². The average Bonchev–Trinajstić information content (AvgIpc) is 2.57. The number of H-pyrrole nitrogens is 1. The molecular weight excluding hydrogens is 354 g/mol. The molecule has 0 saturated heterocycles. The zero-order valence-corrected chi connectivity index (χ0v) is 15.3. The van der Waals surface area contributed by atoms with E-state index in [4.69, 9.17) is 5.11 Å². The number of aliphatic hydroxyl groups excluding tert-OH is 1. The molecule has 1 amide bonds. The smallest absolute Gasteiger partial charge is 0.329 e. The minimum atomic E-state index is -1.55. The number of benzene rings is 1. The van der Waals surface area contributed by atoms with Gasteiger partial charge in [-0.05, 0) is 31.4 Å². The number of aromatic nitrogens is 2. The summed E-state index contributed by atoms with van der Waals surface area (Å²) in [5.41, 5.74) is -1.05. The molecule has 1 heterocycles. The first-order chi connectivity index (χ1) is 12.6. The molecule has 1 unspecified atom stereocenters. The van der Waals surface area contributed by atoms with Gasteiger partial charge < -0.3 is 20.5 Å². The van der Waals surface area contributed by atoms with Crippen molar-refractivity contribution in [2.24, 2.45) is 5.92 Å². The summed E-state index contributed by atoms with van der Waals surface area (Å²) >= 11 is 0. The first kappa shape index (κ1) is 20.4. The van der Waals surface area contributed by atoms with E-state index in [0.717, 1.165) is 4.57 Å². The Morgan fingerprint density at radius 3 is 2.37 bits per heavy atom. The van der Waals surface area contributed by atoms with Gasteiger partial charge in [0.05, 0.1) is 17.0 Å². The van der Waals surface area contributed by atoms with Gasteiger partial charge in [-0.3, -0.25) is 9.59 Å². The van der Waals surface area contributed by atoms with Crippen LogP contribution in [0.25, 0.3) is 10.9 Å². The third kappa shape index (κ3) is 4.43. The Balaban J connectivity index is 2.56. The van der Waals surface area contributed by atoms with Crippen molar-refractivity contribution in [3.63, 3.8) is 0 Å². The average molecular weight is 377 g/mol. The quantitative estimate of drug-likeness (QED) is 0.544. The molecule has 0 aliphatic rings. The first-order valence-electron chi connectivity index (χ1n) is 8.58. The van der Waals surface area contributed by atoms with Crippen LogP contribution >= 0.6 is 0 Å². The lowest BCUT2D eigenvalue weighted by molar-refractivity contribution is -0.145. The van der Waals surface area contributed by atoms with Gasteiger partial charge in [0.2, 0.25) is 5.91 Å². The van der Waals surface area contributed by atoms with Crippen LogP contribution in [0, 0.1) is 5.92 Å². The largest absolute Gasteiger partial charge is 0.480 e. The van der Waals surface area contributed by atoms with Crippen LogP contribution in [0.2, 0.25) is 0 Å². The van der Waals surface area contributed by atoms with E-state index in [1.165, 1.54) is 13.0 Å². The van der Waals surface area contributed by atoms with Crippen LogP contribution in [0.5, 0.6) is 0 Å². The molecule has 0 spiro atoms. The van der Waals surface area contributed by atoms with E-state index in [0.29, 0.717) is 5.52 Å². The number of fused-ring (bicyclic) bond motifs is 1. The van der Waals surface area contributed by atoms with Gasteiger partial charge in [0, 0.05) is 0 Å². The number of aliphatic hydroxyl groups is 1. The molecule has 9 nitrogen and oxygen atoms in total. The van der Waals surface area contributed by atoms with Crippen LogP contribution in [-0.2, 0) is 9.59 Å². The Labute approximate surface area is 154 Å². The Bertz CT molecular complexity index is 959. The molecule has 27 heavy (non-hydrogen) atoms. The Hall–Kier alpha value is -2.94. The fourth-order valence-corrected chi connectivity index (χ4v) is 2.87. The number of hydrogen-bond donors (Lipinski definition) is 4. The fourth-order valence-electron chi connectivity index (χ4n) is 2.87. The normalized spacial score (nSPS) is 14.7. The van der Waals surface area contributed by atoms with Crippen molar-refractivity contribution >= 4 is 22.8 Å². The molecule has 0 aliphatic heterocycles. The molecule has 1 aromatic carbocycles. The maximum atomic E-state index is 12.8. The number of hydrogen-bond acceptors (Lipinski definition) is 5. The molecule has 0 saturated carbocycles. The standard InChI is InChI=1S/C18H23N3O6/c1-9(2)8-13(15(23)20-14(10(3)22)17(25)26)21-16(24)11-6-4-5-7-12(11)19-18(21)27/h4-7,9-10,13-14,22H,8H2,1-3H3,(H,19,27)(H,20,23)(H,25,26)/t10?,13-,14-/m0/s1. The molecule has 4 N–H and O–H groups in total. The number of carbonyl (C=O) groups excluding carboxylic acids is 1. The van der Waals surface area contributed by atoms with Crippen molar-refractivity contribution in [3.05, 3.63) is 45.1 Å². The molecule has 3 atom stereocenters. The monoisotopic (exact) mass is 377 g/mol. The summed E-state index contributed by atoms with van der Waals surface area (Å²) in [6, 6.07) is 3.64. The first-order valence-corrected chi connectivity index (χ1v) is 8.58. The number of nitrogens with zero attached hydrogens (tertiary/aromatic N) is 1. The van der Waals surface area contributed by atoms with Gasteiger partial charge in [-0.25, -0.2) is 14.2 Å². The van der Waals surface area contributed by atoms with Gasteiger partial charge in [0.1, 0.15) is 6.04 Å². The Kier molecular flexibility index (Phi) is 6.17. The second kappa shape index (κ2) is 8.17. The maximum absolute atomic E-state index is 12.8. The summed E-state index contributed by atoms with van der Waals surface area (Å²) in [6.07, 6.45) is -1.21. The summed E-state index contributed by atoms with van der Waals surface area (Å²) in [4.78, 5) is 51.9. The highest BCUT2D eigenvalue weighted by atomic mass is 16.4. The number of amides is 1. The van der Waals surface area contributed by atoms with Crippen LogP contribution in [0.3, 0.4) is 0 Å². The molecule has 0 fully saturated rings. The second-order valence-electron chi connectivity index (χ2n) is 6.86. The number of para-hydroxylation sites is 1.